The second-order valence-corrected chi connectivity index (χ2v) is 5.60. The van der Waals surface area contributed by atoms with Gasteiger partial charge in [-0.3, -0.25) is 9.89 Å². The molecule has 2 aromatic heterocycles. The molecular weight excluding hydrogens is 358 g/mol. The topological polar surface area (TPSA) is 96.7 Å². The van der Waals surface area contributed by atoms with Crippen LogP contribution in [0.25, 0.3) is 10.9 Å². The molecule has 21 heavy (non-hydrogen) atoms. The summed E-state index contributed by atoms with van der Waals surface area (Å²) in [7, 11) is 0. The van der Waals surface area contributed by atoms with Gasteiger partial charge in [0, 0.05) is 21.7 Å². The molecule has 3 aromatic rings. The summed E-state index contributed by atoms with van der Waals surface area (Å²) in [5.74, 6) is -0.395. The molecule has 0 fully saturated rings. The molecule has 0 radical (unpaired) electrons. The minimum atomic E-state index is -0.395. The van der Waals surface area contributed by atoms with E-state index in [1.807, 2.05) is 0 Å². The highest BCUT2D eigenvalue weighted by atomic mass is 79.9. The number of aromatic nitrogens is 3. The molecule has 0 saturated carbocycles. The summed E-state index contributed by atoms with van der Waals surface area (Å²) in [6.45, 7) is 0. The summed E-state index contributed by atoms with van der Waals surface area (Å²) in [5, 5.41) is 10.3. The predicted octanol–water partition coefficient (Wildman–Crippen LogP) is 3.21. The van der Waals surface area contributed by atoms with E-state index >= 15 is 0 Å². The Morgan fingerprint density at radius 1 is 1.38 bits per heavy atom. The van der Waals surface area contributed by atoms with Gasteiger partial charge in [0.2, 0.25) is 0 Å². The number of nitrogens with zero attached hydrogens (tertiary/aromatic N) is 2. The van der Waals surface area contributed by atoms with E-state index in [9.17, 15) is 4.79 Å². The van der Waals surface area contributed by atoms with Crippen LogP contribution in [0.4, 0.5) is 11.4 Å². The van der Waals surface area contributed by atoms with Gasteiger partial charge in [-0.25, -0.2) is 4.98 Å². The number of nitrogens with two attached hydrogens (primary N) is 1. The first-order chi connectivity index (χ1) is 10.0. The normalized spacial score (nSPS) is 10.8. The molecule has 6 nitrogen and oxygen atoms in total. The molecule has 4 N–H and O–H groups in total. The number of benzene rings is 1. The van der Waals surface area contributed by atoms with Gasteiger partial charge in [-0.15, -0.1) is 0 Å². The van der Waals surface area contributed by atoms with E-state index < -0.39 is 5.91 Å². The van der Waals surface area contributed by atoms with Gasteiger partial charge in [0.25, 0.3) is 5.91 Å². The van der Waals surface area contributed by atoms with Gasteiger partial charge in [-0.1, -0.05) is 11.6 Å². The Morgan fingerprint density at radius 3 is 3.00 bits per heavy atom. The first-order valence-corrected chi connectivity index (χ1v) is 7.07. The third-order valence-corrected chi connectivity index (χ3v) is 3.59. The Kier molecular flexibility index (Phi) is 3.52. The Hall–Kier alpha value is -2.12. The van der Waals surface area contributed by atoms with E-state index in [1.165, 1.54) is 0 Å². The molecule has 0 aliphatic carbocycles. The third-order valence-electron chi connectivity index (χ3n) is 2.86. The Labute approximate surface area is 132 Å². The summed E-state index contributed by atoms with van der Waals surface area (Å²) in [4.78, 5) is 16.3. The second kappa shape index (κ2) is 5.34. The maximum atomic E-state index is 12.3. The van der Waals surface area contributed by atoms with Gasteiger partial charge < -0.3 is 11.1 Å². The standard InChI is InChI=1S/C13H9BrClN5O/c14-6-3-10(12(15)17-5-6)18-13(21)11-8-4-7(16)1-2-9(8)19-20-11/h1-5H,16H2,(H,18,21)(H,19,20). The lowest BCUT2D eigenvalue weighted by Gasteiger charge is -2.05. The first-order valence-electron chi connectivity index (χ1n) is 5.90. The number of rotatable bonds is 2. The summed E-state index contributed by atoms with van der Waals surface area (Å²) in [6.07, 6.45) is 1.54. The van der Waals surface area contributed by atoms with Crippen LogP contribution in [-0.4, -0.2) is 21.1 Å². The summed E-state index contributed by atoms with van der Waals surface area (Å²) < 4.78 is 0.707. The van der Waals surface area contributed by atoms with Crippen LogP contribution in [0.2, 0.25) is 5.15 Å². The number of carbonyl (C=O) groups is 1. The molecule has 0 spiro atoms. The van der Waals surface area contributed by atoms with Crippen molar-refractivity contribution in [3.05, 3.63) is 45.8 Å². The minimum Gasteiger partial charge on any atom is -0.399 e. The number of aromatic amines is 1. The largest absolute Gasteiger partial charge is 0.399 e. The van der Waals surface area contributed by atoms with Gasteiger partial charge in [-0.2, -0.15) is 5.10 Å². The zero-order valence-corrected chi connectivity index (χ0v) is 12.9. The van der Waals surface area contributed by atoms with E-state index in [2.05, 4.69) is 36.4 Å². The highest BCUT2D eigenvalue weighted by molar-refractivity contribution is 9.10. The van der Waals surface area contributed by atoms with Crippen molar-refractivity contribution in [1.82, 2.24) is 15.2 Å². The van der Waals surface area contributed by atoms with Crippen LogP contribution in [0.1, 0.15) is 10.5 Å². The molecule has 0 aliphatic rings. The van der Waals surface area contributed by atoms with Crippen LogP contribution in [0.15, 0.2) is 34.9 Å². The third kappa shape index (κ3) is 2.70. The van der Waals surface area contributed by atoms with Crippen molar-refractivity contribution in [3.8, 4) is 0 Å². The molecule has 0 bridgehead atoms. The predicted molar refractivity (Wildman–Crippen MR) is 85.4 cm³/mol. The molecule has 106 valence electrons. The van der Waals surface area contributed by atoms with E-state index in [0.29, 0.717) is 21.2 Å². The molecular formula is C13H9BrClN5O. The number of fused-ring (bicyclic) bond motifs is 1. The van der Waals surface area contributed by atoms with Crippen molar-refractivity contribution in [2.45, 2.75) is 0 Å². The monoisotopic (exact) mass is 365 g/mol. The van der Waals surface area contributed by atoms with Gasteiger partial charge in [0.15, 0.2) is 10.8 Å². The number of hydrogen-bond acceptors (Lipinski definition) is 4. The smallest absolute Gasteiger partial charge is 0.276 e. The average Bonchev–Trinajstić information content (AvgIpc) is 2.85. The highest BCUT2D eigenvalue weighted by Crippen LogP contribution is 2.25. The molecule has 3 rings (SSSR count). The van der Waals surface area contributed by atoms with Crippen LogP contribution < -0.4 is 11.1 Å². The molecule has 0 aliphatic heterocycles. The van der Waals surface area contributed by atoms with Gasteiger partial charge in [0.05, 0.1) is 11.2 Å². The van der Waals surface area contributed by atoms with Gasteiger partial charge in [-0.05, 0) is 40.2 Å². The number of pyridine rings is 1. The fourth-order valence-electron chi connectivity index (χ4n) is 1.90. The first kappa shape index (κ1) is 13.8. The van der Waals surface area contributed by atoms with Crippen molar-refractivity contribution in [3.63, 3.8) is 0 Å². The van der Waals surface area contributed by atoms with Crippen molar-refractivity contribution in [2.24, 2.45) is 0 Å². The fraction of sp³-hybridized carbons (Fsp3) is 0. The average molecular weight is 367 g/mol. The van der Waals surface area contributed by atoms with Crippen LogP contribution in [0.3, 0.4) is 0 Å². The zero-order chi connectivity index (χ0) is 15.0. The van der Waals surface area contributed by atoms with Crippen LogP contribution in [0.5, 0.6) is 0 Å². The minimum absolute atomic E-state index is 0.200. The number of nitrogen functional groups attached to an aromatic ring is 1. The zero-order valence-electron chi connectivity index (χ0n) is 10.5. The second-order valence-electron chi connectivity index (χ2n) is 4.32. The van der Waals surface area contributed by atoms with Crippen molar-refractivity contribution >= 4 is 55.7 Å². The summed E-state index contributed by atoms with van der Waals surface area (Å²) >= 11 is 9.22. The molecule has 2 heterocycles. The van der Waals surface area contributed by atoms with Gasteiger partial charge in [0.1, 0.15) is 0 Å². The maximum Gasteiger partial charge on any atom is 0.276 e. The quantitative estimate of drug-likeness (QED) is 0.479. The van der Waals surface area contributed by atoms with Crippen molar-refractivity contribution in [2.75, 3.05) is 11.1 Å². The van der Waals surface area contributed by atoms with E-state index in [-0.39, 0.29) is 10.8 Å². The summed E-state index contributed by atoms with van der Waals surface area (Å²) in [5.41, 5.74) is 7.67. The lowest BCUT2D eigenvalue weighted by Crippen LogP contribution is -2.13. The molecule has 0 saturated heterocycles. The lowest BCUT2D eigenvalue weighted by molar-refractivity contribution is 0.102. The number of H-pyrrole nitrogens is 1. The molecule has 0 unspecified atom stereocenters. The van der Waals surface area contributed by atoms with Crippen molar-refractivity contribution < 1.29 is 4.79 Å². The molecule has 8 heteroatoms. The van der Waals surface area contributed by atoms with E-state index in [4.69, 9.17) is 17.3 Å². The number of carbonyl (C=O) groups excluding carboxylic acids is 1. The maximum absolute atomic E-state index is 12.3. The van der Waals surface area contributed by atoms with Crippen LogP contribution in [-0.2, 0) is 0 Å². The Bertz CT molecular complexity index is 848. The Morgan fingerprint density at radius 2 is 2.19 bits per heavy atom. The number of hydrogen-bond donors (Lipinski definition) is 3. The number of halogens is 2. The number of anilines is 2. The van der Waals surface area contributed by atoms with E-state index in [1.54, 1.807) is 30.5 Å². The lowest BCUT2D eigenvalue weighted by atomic mass is 10.2. The van der Waals surface area contributed by atoms with Crippen LogP contribution >= 0.6 is 27.5 Å². The number of nitrogens with one attached hydrogen (secondary N) is 2. The van der Waals surface area contributed by atoms with Crippen molar-refractivity contribution in [1.29, 1.82) is 0 Å². The molecule has 1 aromatic carbocycles. The SMILES string of the molecule is Nc1ccc2[nH]nc(C(=O)Nc3cc(Br)cnc3Cl)c2c1. The van der Waals surface area contributed by atoms with Crippen LogP contribution in [0, 0.1) is 0 Å². The fourth-order valence-corrected chi connectivity index (χ4v) is 2.38. The molecule has 0 atom stereocenters. The van der Waals surface area contributed by atoms with Gasteiger partial charge >= 0.3 is 0 Å². The highest BCUT2D eigenvalue weighted by Gasteiger charge is 2.16. The number of amides is 1. The Balaban J connectivity index is 1.97. The summed E-state index contributed by atoms with van der Waals surface area (Å²) in [6, 6.07) is 6.85. The van der Waals surface area contributed by atoms with E-state index in [0.717, 1.165) is 5.52 Å². The molecule has 1 amide bonds.